The van der Waals surface area contributed by atoms with Gasteiger partial charge in [-0.25, -0.2) is 0 Å². The van der Waals surface area contributed by atoms with Crippen molar-refractivity contribution in [2.75, 3.05) is 11.1 Å². The number of carbonyl (C=O) groups is 1. The number of hydrogen-bond acceptors (Lipinski definition) is 2. The van der Waals surface area contributed by atoms with Crippen molar-refractivity contribution in [2.45, 2.75) is 37.5 Å². The van der Waals surface area contributed by atoms with E-state index in [0.29, 0.717) is 5.41 Å². The molecule has 3 heteroatoms. The first kappa shape index (κ1) is 12.1. The summed E-state index contributed by atoms with van der Waals surface area (Å²) in [6.45, 7) is 2.13. The van der Waals surface area contributed by atoms with Gasteiger partial charge in [-0.15, -0.1) is 11.8 Å². The lowest BCUT2D eigenvalue weighted by Gasteiger charge is -2.26. The highest BCUT2D eigenvalue weighted by atomic mass is 32.2. The van der Waals surface area contributed by atoms with Crippen molar-refractivity contribution >= 4 is 23.4 Å². The Morgan fingerprint density at radius 1 is 1.44 bits per heavy atom. The molecule has 1 aromatic rings. The van der Waals surface area contributed by atoms with E-state index < -0.39 is 0 Å². The Balaban J connectivity index is 1.67. The summed E-state index contributed by atoms with van der Waals surface area (Å²) in [7, 11) is 0. The minimum atomic E-state index is 0.235. The lowest BCUT2D eigenvalue weighted by atomic mass is 9.79. The summed E-state index contributed by atoms with van der Waals surface area (Å²) in [5, 5.41) is 3.12. The fourth-order valence-corrected chi connectivity index (χ4v) is 3.73. The van der Waals surface area contributed by atoms with Gasteiger partial charge < -0.3 is 5.32 Å². The SMILES string of the molecule is CCSc1ccccc1NC(=O)C1CC12CCC2. The summed E-state index contributed by atoms with van der Waals surface area (Å²) >= 11 is 1.78. The van der Waals surface area contributed by atoms with E-state index in [1.807, 2.05) is 18.2 Å². The van der Waals surface area contributed by atoms with Crippen LogP contribution in [0.3, 0.4) is 0 Å². The van der Waals surface area contributed by atoms with Crippen LogP contribution in [0.2, 0.25) is 0 Å². The number of nitrogens with one attached hydrogen (secondary N) is 1. The van der Waals surface area contributed by atoms with E-state index >= 15 is 0 Å². The molecule has 18 heavy (non-hydrogen) atoms. The second kappa shape index (κ2) is 4.61. The Hall–Kier alpha value is -0.960. The molecule has 0 aliphatic heterocycles. The molecular formula is C15H19NOS. The summed E-state index contributed by atoms with van der Waals surface area (Å²) in [5.41, 5.74) is 1.40. The lowest BCUT2D eigenvalue weighted by Crippen LogP contribution is -2.23. The van der Waals surface area contributed by atoms with Crippen LogP contribution in [0, 0.1) is 11.3 Å². The fraction of sp³-hybridized carbons (Fsp3) is 0.533. The van der Waals surface area contributed by atoms with Crippen LogP contribution in [0.4, 0.5) is 5.69 Å². The monoisotopic (exact) mass is 261 g/mol. The molecule has 96 valence electrons. The highest BCUT2D eigenvalue weighted by Gasteiger charge is 2.60. The van der Waals surface area contributed by atoms with Gasteiger partial charge in [-0.3, -0.25) is 4.79 Å². The molecule has 2 aliphatic carbocycles. The zero-order valence-electron chi connectivity index (χ0n) is 10.7. The highest BCUT2D eigenvalue weighted by molar-refractivity contribution is 7.99. The summed E-state index contributed by atoms with van der Waals surface area (Å²) < 4.78 is 0. The summed E-state index contributed by atoms with van der Waals surface area (Å²) in [6, 6.07) is 8.10. The van der Waals surface area contributed by atoms with Crippen LogP contribution < -0.4 is 5.32 Å². The quantitative estimate of drug-likeness (QED) is 0.832. The van der Waals surface area contributed by atoms with Crippen LogP contribution in [0.25, 0.3) is 0 Å². The standard InChI is InChI=1S/C15H19NOS/c1-2-18-13-7-4-3-6-12(13)16-14(17)11-10-15(11)8-5-9-15/h3-4,6-7,11H,2,5,8-10H2,1H3,(H,16,17). The molecule has 2 nitrogen and oxygen atoms in total. The normalized spacial score (nSPS) is 23.5. The average Bonchev–Trinajstić information content (AvgIpc) is 3.07. The highest BCUT2D eigenvalue weighted by Crippen LogP contribution is 2.65. The zero-order valence-corrected chi connectivity index (χ0v) is 11.6. The minimum absolute atomic E-state index is 0.235. The maximum absolute atomic E-state index is 12.2. The Morgan fingerprint density at radius 3 is 2.83 bits per heavy atom. The van der Waals surface area contributed by atoms with Crippen LogP contribution >= 0.6 is 11.8 Å². The van der Waals surface area contributed by atoms with Crippen molar-refractivity contribution in [2.24, 2.45) is 11.3 Å². The van der Waals surface area contributed by atoms with Gasteiger partial charge in [0, 0.05) is 10.8 Å². The van der Waals surface area contributed by atoms with E-state index in [-0.39, 0.29) is 11.8 Å². The third-order valence-corrected chi connectivity index (χ3v) is 5.26. The average molecular weight is 261 g/mol. The molecule has 0 bridgehead atoms. The van der Waals surface area contributed by atoms with E-state index in [4.69, 9.17) is 0 Å². The molecule has 0 aromatic heterocycles. The van der Waals surface area contributed by atoms with Crippen LogP contribution in [-0.2, 0) is 4.79 Å². The van der Waals surface area contributed by atoms with Crippen LogP contribution in [0.5, 0.6) is 0 Å². The zero-order chi connectivity index (χ0) is 12.6. The van der Waals surface area contributed by atoms with Gasteiger partial charge in [0.15, 0.2) is 0 Å². The van der Waals surface area contributed by atoms with Gasteiger partial charge in [-0.2, -0.15) is 0 Å². The summed E-state index contributed by atoms with van der Waals surface area (Å²) in [5.74, 6) is 1.55. The van der Waals surface area contributed by atoms with E-state index in [1.165, 1.54) is 24.2 Å². The van der Waals surface area contributed by atoms with Crippen molar-refractivity contribution in [3.63, 3.8) is 0 Å². The van der Waals surface area contributed by atoms with Gasteiger partial charge in [-0.1, -0.05) is 25.5 Å². The van der Waals surface area contributed by atoms with Crippen LogP contribution in [0.15, 0.2) is 29.2 Å². The van der Waals surface area contributed by atoms with Crippen molar-refractivity contribution in [3.05, 3.63) is 24.3 Å². The van der Waals surface area contributed by atoms with E-state index in [9.17, 15) is 4.79 Å². The Morgan fingerprint density at radius 2 is 2.22 bits per heavy atom. The van der Waals surface area contributed by atoms with Gasteiger partial charge >= 0.3 is 0 Å². The molecule has 1 N–H and O–H groups in total. The Bertz CT molecular complexity index is 467. The first-order valence-electron chi connectivity index (χ1n) is 6.78. The second-order valence-corrected chi connectivity index (χ2v) is 6.70. The maximum Gasteiger partial charge on any atom is 0.228 e. The fourth-order valence-electron chi connectivity index (χ4n) is 2.97. The van der Waals surface area contributed by atoms with E-state index in [1.54, 1.807) is 11.8 Å². The molecule has 3 rings (SSSR count). The van der Waals surface area contributed by atoms with Gasteiger partial charge in [0.1, 0.15) is 0 Å². The number of anilines is 1. The molecule has 0 radical (unpaired) electrons. The smallest absolute Gasteiger partial charge is 0.228 e. The molecule has 0 saturated heterocycles. The maximum atomic E-state index is 12.2. The largest absolute Gasteiger partial charge is 0.325 e. The summed E-state index contributed by atoms with van der Waals surface area (Å²) in [4.78, 5) is 13.4. The lowest BCUT2D eigenvalue weighted by molar-refractivity contribution is -0.118. The van der Waals surface area contributed by atoms with Crippen molar-refractivity contribution < 1.29 is 4.79 Å². The minimum Gasteiger partial charge on any atom is -0.325 e. The molecule has 1 unspecified atom stereocenters. The molecule has 1 aromatic carbocycles. The Labute approximate surface area is 113 Å². The van der Waals surface area contributed by atoms with Gasteiger partial charge in [0.05, 0.1) is 5.69 Å². The molecule has 1 amide bonds. The van der Waals surface area contributed by atoms with Crippen molar-refractivity contribution in [3.8, 4) is 0 Å². The topological polar surface area (TPSA) is 29.1 Å². The number of benzene rings is 1. The number of hydrogen-bond donors (Lipinski definition) is 1. The molecule has 2 saturated carbocycles. The number of rotatable bonds is 4. The molecule has 1 atom stereocenters. The predicted molar refractivity (Wildman–Crippen MR) is 75.9 cm³/mol. The van der Waals surface area contributed by atoms with Gasteiger partial charge in [-0.05, 0) is 42.6 Å². The number of carbonyl (C=O) groups excluding carboxylic acids is 1. The second-order valence-electron chi connectivity index (χ2n) is 5.39. The molecular weight excluding hydrogens is 242 g/mol. The van der Waals surface area contributed by atoms with Crippen LogP contribution in [-0.4, -0.2) is 11.7 Å². The van der Waals surface area contributed by atoms with Crippen LogP contribution in [0.1, 0.15) is 32.6 Å². The molecule has 2 aliphatic rings. The molecule has 0 heterocycles. The van der Waals surface area contributed by atoms with Gasteiger partial charge in [0.2, 0.25) is 5.91 Å². The Kier molecular flexibility index (Phi) is 3.10. The van der Waals surface area contributed by atoms with Crippen molar-refractivity contribution in [1.82, 2.24) is 0 Å². The summed E-state index contributed by atoms with van der Waals surface area (Å²) in [6.07, 6.45) is 4.95. The predicted octanol–water partition coefficient (Wildman–Crippen LogP) is 3.93. The van der Waals surface area contributed by atoms with E-state index in [2.05, 4.69) is 18.3 Å². The first-order valence-corrected chi connectivity index (χ1v) is 7.76. The third-order valence-electron chi connectivity index (χ3n) is 4.30. The van der Waals surface area contributed by atoms with Crippen molar-refractivity contribution in [1.29, 1.82) is 0 Å². The van der Waals surface area contributed by atoms with Gasteiger partial charge in [0.25, 0.3) is 0 Å². The number of thioether (sulfide) groups is 1. The third kappa shape index (κ3) is 2.05. The molecule has 2 fully saturated rings. The van der Waals surface area contributed by atoms with E-state index in [0.717, 1.165) is 17.9 Å². The molecule has 1 spiro atoms. The number of amides is 1. The number of para-hydroxylation sites is 1. The first-order chi connectivity index (χ1) is 8.75.